The van der Waals surface area contributed by atoms with Crippen LogP contribution in [-0.2, 0) is 0 Å². The highest BCUT2D eigenvalue weighted by atomic mass is 79.9. The number of carbonyl (C=O) groups is 2. The first-order valence-electron chi connectivity index (χ1n) is 7.07. The van der Waals surface area contributed by atoms with E-state index in [1.807, 2.05) is 6.07 Å². The first-order valence-corrected chi connectivity index (χ1v) is 7.86. The van der Waals surface area contributed by atoms with Gasteiger partial charge in [0.1, 0.15) is 5.75 Å². The Labute approximate surface area is 143 Å². The predicted molar refractivity (Wildman–Crippen MR) is 91.8 cm³/mol. The van der Waals surface area contributed by atoms with E-state index in [2.05, 4.69) is 26.6 Å². The van der Waals surface area contributed by atoms with Crippen molar-refractivity contribution in [3.63, 3.8) is 0 Å². The van der Waals surface area contributed by atoms with Crippen LogP contribution in [0, 0.1) is 0 Å². The topological polar surface area (TPSA) is 67.4 Å². The third-order valence-corrected chi connectivity index (χ3v) is 3.77. The molecular formula is C17H17BrN2O3. The van der Waals surface area contributed by atoms with E-state index in [0.717, 1.165) is 0 Å². The fourth-order valence-electron chi connectivity index (χ4n) is 1.95. The number of benzene rings is 2. The lowest BCUT2D eigenvalue weighted by Crippen LogP contribution is -2.34. The lowest BCUT2D eigenvalue weighted by molar-refractivity contribution is 0.0927. The predicted octanol–water partition coefficient (Wildman–Crippen LogP) is 2.62. The molecule has 0 spiro atoms. The van der Waals surface area contributed by atoms with E-state index in [1.165, 1.54) is 0 Å². The number of methoxy groups -OCH3 is 1. The quantitative estimate of drug-likeness (QED) is 0.761. The minimum atomic E-state index is -0.206. The Balaban J connectivity index is 1.79. The van der Waals surface area contributed by atoms with Crippen molar-refractivity contribution in [3.05, 3.63) is 64.1 Å². The van der Waals surface area contributed by atoms with Crippen LogP contribution in [0.1, 0.15) is 20.7 Å². The van der Waals surface area contributed by atoms with Crippen molar-refractivity contribution in [3.8, 4) is 5.75 Å². The van der Waals surface area contributed by atoms with Crippen LogP contribution in [0.3, 0.4) is 0 Å². The van der Waals surface area contributed by atoms with E-state index < -0.39 is 0 Å². The molecule has 2 aromatic carbocycles. The molecule has 0 aliphatic carbocycles. The van der Waals surface area contributed by atoms with Crippen LogP contribution in [-0.4, -0.2) is 32.0 Å². The zero-order chi connectivity index (χ0) is 16.7. The SMILES string of the molecule is COc1ccc(C(=O)NCCNC(=O)c2ccccc2)cc1Br. The third kappa shape index (κ3) is 4.82. The van der Waals surface area contributed by atoms with Gasteiger partial charge in [0.25, 0.3) is 11.8 Å². The fourth-order valence-corrected chi connectivity index (χ4v) is 2.49. The number of nitrogens with one attached hydrogen (secondary N) is 2. The molecule has 0 saturated carbocycles. The molecule has 120 valence electrons. The van der Waals surface area contributed by atoms with Crippen molar-refractivity contribution in [1.29, 1.82) is 0 Å². The lowest BCUT2D eigenvalue weighted by atomic mass is 10.2. The standard InChI is InChI=1S/C17H17BrN2O3/c1-23-15-8-7-13(11-14(15)18)17(22)20-10-9-19-16(21)12-5-3-2-4-6-12/h2-8,11H,9-10H2,1H3,(H,19,21)(H,20,22). The summed E-state index contributed by atoms with van der Waals surface area (Å²) in [5.74, 6) is 0.297. The van der Waals surface area contributed by atoms with Gasteiger partial charge in [-0.2, -0.15) is 0 Å². The van der Waals surface area contributed by atoms with Crippen molar-refractivity contribution >= 4 is 27.7 Å². The number of hydrogen-bond donors (Lipinski definition) is 2. The molecule has 0 aromatic heterocycles. The molecule has 0 atom stereocenters. The van der Waals surface area contributed by atoms with Crippen molar-refractivity contribution in [2.45, 2.75) is 0 Å². The van der Waals surface area contributed by atoms with Gasteiger partial charge in [0, 0.05) is 24.2 Å². The van der Waals surface area contributed by atoms with Crippen molar-refractivity contribution in [2.24, 2.45) is 0 Å². The average Bonchev–Trinajstić information content (AvgIpc) is 2.59. The van der Waals surface area contributed by atoms with Gasteiger partial charge in [0.2, 0.25) is 0 Å². The number of ether oxygens (including phenoxy) is 1. The monoisotopic (exact) mass is 376 g/mol. The van der Waals surface area contributed by atoms with E-state index in [1.54, 1.807) is 49.6 Å². The summed E-state index contributed by atoms with van der Waals surface area (Å²) in [7, 11) is 1.56. The van der Waals surface area contributed by atoms with Crippen LogP contribution < -0.4 is 15.4 Å². The Kier molecular flexibility index (Phi) is 6.17. The molecule has 2 aromatic rings. The summed E-state index contributed by atoms with van der Waals surface area (Å²) in [6, 6.07) is 14.0. The van der Waals surface area contributed by atoms with Gasteiger partial charge in [0.15, 0.2) is 0 Å². The van der Waals surface area contributed by atoms with Crippen LogP contribution in [0.15, 0.2) is 53.0 Å². The van der Waals surface area contributed by atoms with Gasteiger partial charge in [-0.25, -0.2) is 0 Å². The maximum absolute atomic E-state index is 12.0. The molecule has 2 rings (SSSR count). The smallest absolute Gasteiger partial charge is 0.251 e. The van der Waals surface area contributed by atoms with Crippen LogP contribution in [0.2, 0.25) is 0 Å². The van der Waals surface area contributed by atoms with E-state index in [9.17, 15) is 9.59 Å². The summed E-state index contributed by atoms with van der Waals surface area (Å²) < 4.78 is 5.83. The normalized spacial score (nSPS) is 10.0. The van der Waals surface area contributed by atoms with Gasteiger partial charge in [-0.1, -0.05) is 18.2 Å². The first-order chi connectivity index (χ1) is 11.1. The molecule has 0 aliphatic rings. The Hall–Kier alpha value is -2.34. The first kappa shape index (κ1) is 17.0. The molecule has 23 heavy (non-hydrogen) atoms. The van der Waals surface area contributed by atoms with Crippen molar-refractivity contribution in [1.82, 2.24) is 10.6 Å². The largest absolute Gasteiger partial charge is 0.496 e. The summed E-state index contributed by atoms with van der Waals surface area (Å²) in [5.41, 5.74) is 1.12. The summed E-state index contributed by atoms with van der Waals surface area (Å²) in [6.45, 7) is 0.706. The molecule has 6 heteroatoms. The van der Waals surface area contributed by atoms with Crippen molar-refractivity contribution in [2.75, 3.05) is 20.2 Å². The summed E-state index contributed by atoms with van der Waals surface area (Å²) in [4.78, 5) is 23.9. The minimum absolute atomic E-state index is 0.160. The van der Waals surface area contributed by atoms with Gasteiger partial charge in [0.05, 0.1) is 11.6 Å². The fraction of sp³-hybridized carbons (Fsp3) is 0.176. The molecule has 2 amide bonds. The maximum Gasteiger partial charge on any atom is 0.251 e. The second-order valence-corrected chi connectivity index (χ2v) is 5.58. The van der Waals surface area contributed by atoms with Gasteiger partial charge >= 0.3 is 0 Å². The molecular weight excluding hydrogens is 360 g/mol. The molecule has 0 saturated heterocycles. The zero-order valence-corrected chi connectivity index (χ0v) is 14.2. The van der Waals surface area contributed by atoms with E-state index in [0.29, 0.717) is 34.4 Å². The zero-order valence-electron chi connectivity index (χ0n) is 12.6. The molecule has 0 bridgehead atoms. The molecule has 0 fully saturated rings. The van der Waals surface area contributed by atoms with Gasteiger partial charge in [-0.3, -0.25) is 9.59 Å². The van der Waals surface area contributed by atoms with E-state index >= 15 is 0 Å². The van der Waals surface area contributed by atoms with Crippen LogP contribution >= 0.6 is 15.9 Å². The number of hydrogen-bond acceptors (Lipinski definition) is 3. The number of carbonyl (C=O) groups excluding carboxylic acids is 2. The van der Waals surface area contributed by atoms with Gasteiger partial charge in [-0.05, 0) is 46.3 Å². The molecule has 5 nitrogen and oxygen atoms in total. The Bertz CT molecular complexity index is 689. The average molecular weight is 377 g/mol. The summed E-state index contributed by atoms with van der Waals surface area (Å²) in [5, 5.41) is 5.51. The summed E-state index contributed by atoms with van der Waals surface area (Å²) in [6.07, 6.45) is 0. The van der Waals surface area contributed by atoms with Gasteiger partial charge in [-0.15, -0.1) is 0 Å². The highest BCUT2D eigenvalue weighted by molar-refractivity contribution is 9.10. The van der Waals surface area contributed by atoms with Crippen LogP contribution in [0.25, 0.3) is 0 Å². The number of rotatable bonds is 6. The number of halogens is 1. The third-order valence-electron chi connectivity index (χ3n) is 3.15. The maximum atomic E-state index is 12.0. The Morgan fingerprint density at radius 2 is 1.57 bits per heavy atom. The molecule has 0 aliphatic heterocycles. The summed E-state index contributed by atoms with van der Waals surface area (Å²) >= 11 is 3.34. The minimum Gasteiger partial charge on any atom is -0.496 e. The highest BCUT2D eigenvalue weighted by Gasteiger charge is 2.09. The van der Waals surface area contributed by atoms with E-state index in [-0.39, 0.29) is 11.8 Å². The number of amides is 2. The second-order valence-electron chi connectivity index (χ2n) is 4.73. The Morgan fingerprint density at radius 1 is 0.957 bits per heavy atom. The lowest BCUT2D eigenvalue weighted by Gasteiger charge is -2.09. The van der Waals surface area contributed by atoms with Crippen LogP contribution in [0.4, 0.5) is 0 Å². The Morgan fingerprint density at radius 3 is 2.13 bits per heavy atom. The van der Waals surface area contributed by atoms with Crippen LogP contribution in [0.5, 0.6) is 5.75 Å². The van der Waals surface area contributed by atoms with E-state index in [4.69, 9.17) is 4.74 Å². The van der Waals surface area contributed by atoms with Crippen molar-refractivity contribution < 1.29 is 14.3 Å². The second kappa shape index (κ2) is 8.33. The molecule has 0 heterocycles. The molecule has 0 unspecified atom stereocenters. The van der Waals surface area contributed by atoms with Gasteiger partial charge < -0.3 is 15.4 Å². The molecule has 2 N–H and O–H groups in total. The highest BCUT2D eigenvalue weighted by Crippen LogP contribution is 2.25. The molecule has 0 radical (unpaired) electrons.